The highest BCUT2D eigenvalue weighted by atomic mass is 19.1. The van der Waals surface area contributed by atoms with Gasteiger partial charge in [-0.1, -0.05) is 6.42 Å². The maximum absolute atomic E-state index is 13.8. The lowest BCUT2D eigenvalue weighted by Crippen LogP contribution is -2.59. The van der Waals surface area contributed by atoms with Gasteiger partial charge in [0.25, 0.3) is 11.8 Å². The molecule has 3 heterocycles. The van der Waals surface area contributed by atoms with E-state index in [1.807, 2.05) is 0 Å². The zero-order valence-electron chi connectivity index (χ0n) is 16.4. The van der Waals surface area contributed by atoms with Crippen molar-refractivity contribution in [2.45, 2.75) is 31.9 Å². The highest BCUT2D eigenvalue weighted by molar-refractivity contribution is 5.99. The second-order valence-electron chi connectivity index (χ2n) is 7.60. The summed E-state index contributed by atoms with van der Waals surface area (Å²) >= 11 is 0. The van der Waals surface area contributed by atoms with Crippen LogP contribution >= 0.6 is 0 Å². The zero-order valence-corrected chi connectivity index (χ0v) is 16.4. The second kappa shape index (κ2) is 8.23. The number of hydrazine groups is 1. The molecule has 0 aromatic heterocycles. The van der Waals surface area contributed by atoms with Crippen LogP contribution in [0.3, 0.4) is 0 Å². The van der Waals surface area contributed by atoms with E-state index >= 15 is 0 Å². The summed E-state index contributed by atoms with van der Waals surface area (Å²) in [6, 6.07) is 0.986. The van der Waals surface area contributed by atoms with Gasteiger partial charge in [0, 0.05) is 43.5 Å². The van der Waals surface area contributed by atoms with Gasteiger partial charge in [-0.2, -0.15) is 5.01 Å². The van der Waals surface area contributed by atoms with E-state index in [1.165, 1.54) is 11.2 Å². The molecule has 2 fully saturated rings. The Balaban J connectivity index is 1.58. The van der Waals surface area contributed by atoms with Crippen LogP contribution in [0.15, 0.2) is 35.4 Å². The Morgan fingerprint density at radius 2 is 1.81 bits per heavy atom. The second-order valence-corrected chi connectivity index (χ2v) is 7.60. The molecule has 3 aliphatic heterocycles. The number of nitrogens with one attached hydrogen (secondary N) is 1. The van der Waals surface area contributed by atoms with Crippen LogP contribution in [-0.4, -0.2) is 62.8 Å². The third-order valence-electron chi connectivity index (χ3n) is 5.55. The molecule has 3 N–H and O–H groups in total. The van der Waals surface area contributed by atoms with Crippen LogP contribution in [0.5, 0.6) is 0 Å². The van der Waals surface area contributed by atoms with Gasteiger partial charge in [0.15, 0.2) is 11.5 Å². The van der Waals surface area contributed by atoms with Crippen molar-refractivity contribution in [2.24, 2.45) is 0 Å². The Morgan fingerprint density at radius 1 is 1.13 bits per heavy atom. The van der Waals surface area contributed by atoms with Gasteiger partial charge in [-0.15, -0.1) is 0 Å². The fourth-order valence-electron chi connectivity index (χ4n) is 3.89. The molecule has 0 radical (unpaired) electrons. The van der Waals surface area contributed by atoms with E-state index in [4.69, 9.17) is 0 Å². The number of rotatable bonds is 3. The van der Waals surface area contributed by atoms with Crippen LogP contribution < -0.4 is 5.32 Å². The number of hydrogen-bond acceptors (Lipinski definition) is 6. The van der Waals surface area contributed by atoms with E-state index in [-0.39, 0.29) is 17.9 Å². The van der Waals surface area contributed by atoms with Crippen LogP contribution in [-0.2, 0) is 16.1 Å². The van der Waals surface area contributed by atoms with Crippen molar-refractivity contribution in [1.29, 1.82) is 0 Å². The minimum absolute atomic E-state index is 0.132. The highest BCUT2D eigenvalue weighted by Crippen LogP contribution is 2.32. The van der Waals surface area contributed by atoms with Crippen LogP contribution in [0.25, 0.3) is 0 Å². The number of carbonyl (C=O) groups excluding carboxylic acids is 2. The van der Waals surface area contributed by atoms with Gasteiger partial charge in [-0.25, -0.2) is 13.2 Å². The first kappa shape index (κ1) is 21.2. The SMILES string of the molecule is O=C(NCc1c(F)cc(F)cc1F)C1=CN2C(=C(O)C1O)C(=O)N1CCCCCN2C1. The molecule has 0 saturated carbocycles. The fraction of sp³-hybridized carbons (Fsp3) is 0.400. The lowest BCUT2D eigenvalue weighted by atomic mass is 10.0. The average Bonchev–Trinajstić information content (AvgIpc) is 2.68. The minimum atomic E-state index is -1.79. The summed E-state index contributed by atoms with van der Waals surface area (Å²) in [4.78, 5) is 27.0. The van der Waals surface area contributed by atoms with Crippen molar-refractivity contribution in [3.05, 3.63) is 58.4 Å². The molecule has 2 amide bonds. The molecule has 1 aromatic rings. The quantitative estimate of drug-likeness (QED) is 0.658. The Kier molecular flexibility index (Phi) is 5.63. The van der Waals surface area contributed by atoms with E-state index in [0.717, 1.165) is 19.3 Å². The van der Waals surface area contributed by atoms with Gasteiger partial charge < -0.3 is 20.4 Å². The molecule has 166 valence electrons. The van der Waals surface area contributed by atoms with Crippen LogP contribution in [0, 0.1) is 17.5 Å². The summed E-state index contributed by atoms with van der Waals surface area (Å²) in [5.41, 5.74) is -0.978. The summed E-state index contributed by atoms with van der Waals surface area (Å²) < 4.78 is 40.7. The number of carbonyl (C=O) groups is 2. The summed E-state index contributed by atoms with van der Waals surface area (Å²) in [6.45, 7) is 0.744. The van der Waals surface area contributed by atoms with Crippen molar-refractivity contribution in [3.8, 4) is 0 Å². The Bertz CT molecular complexity index is 974. The van der Waals surface area contributed by atoms with Crippen molar-refractivity contribution in [1.82, 2.24) is 20.2 Å². The standard InChI is InChI=1S/C20H21F3N4O4/c21-11-6-14(22)12(15(23)7-11)8-24-19(30)13-9-27-16(18(29)17(13)28)20(31)25-4-2-1-3-5-26(27)10-25/h6-7,9,17,28-29H,1-5,8,10H2,(H,24,30). The molecular formula is C20H21F3N4O4. The molecular weight excluding hydrogens is 417 g/mol. The van der Waals surface area contributed by atoms with Crippen molar-refractivity contribution in [2.75, 3.05) is 19.8 Å². The van der Waals surface area contributed by atoms with E-state index in [9.17, 15) is 33.0 Å². The Labute approximate surface area is 175 Å². The highest BCUT2D eigenvalue weighted by Gasteiger charge is 2.43. The summed E-state index contributed by atoms with van der Waals surface area (Å²) in [7, 11) is 0. The fourth-order valence-corrected chi connectivity index (χ4v) is 3.89. The number of hydrogen-bond donors (Lipinski definition) is 3. The van der Waals surface area contributed by atoms with E-state index in [0.29, 0.717) is 25.2 Å². The molecule has 11 heteroatoms. The van der Waals surface area contributed by atoms with E-state index < -0.39 is 53.2 Å². The molecule has 1 aromatic carbocycles. The minimum Gasteiger partial charge on any atom is -0.507 e. The van der Waals surface area contributed by atoms with Gasteiger partial charge in [0.2, 0.25) is 0 Å². The van der Waals surface area contributed by atoms with E-state index in [1.54, 1.807) is 9.91 Å². The van der Waals surface area contributed by atoms with Gasteiger partial charge in [-0.3, -0.25) is 14.6 Å². The lowest BCUT2D eigenvalue weighted by molar-refractivity contribution is -0.148. The van der Waals surface area contributed by atoms with Crippen LogP contribution in [0.1, 0.15) is 24.8 Å². The lowest BCUT2D eigenvalue weighted by Gasteiger charge is -2.47. The smallest absolute Gasteiger partial charge is 0.276 e. The molecule has 0 aliphatic carbocycles. The average molecular weight is 438 g/mol. The van der Waals surface area contributed by atoms with Gasteiger partial charge in [0.1, 0.15) is 23.6 Å². The van der Waals surface area contributed by atoms with E-state index in [2.05, 4.69) is 5.32 Å². The van der Waals surface area contributed by atoms with Crippen LogP contribution in [0.2, 0.25) is 0 Å². The Hall–Kier alpha value is -3.05. The first-order valence-electron chi connectivity index (χ1n) is 9.86. The molecule has 4 rings (SSSR count). The van der Waals surface area contributed by atoms with Crippen LogP contribution in [0.4, 0.5) is 13.2 Å². The molecule has 3 aliphatic rings. The monoisotopic (exact) mass is 438 g/mol. The number of aliphatic hydroxyl groups excluding tert-OH is 2. The first-order chi connectivity index (χ1) is 14.8. The topological polar surface area (TPSA) is 96.3 Å². The van der Waals surface area contributed by atoms with Crippen molar-refractivity contribution >= 4 is 11.8 Å². The van der Waals surface area contributed by atoms with Crippen molar-refractivity contribution < 1.29 is 33.0 Å². The predicted octanol–water partition coefficient (Wildman–Crippen LogP) is 1.25. The number of halogens is 3. The first-order valence-corrected chi connectivity index (χ1v) is 9.86. The van der Waals surface area contributed by atoms with Crippen molar-refractivity contribution in [3.63, 3.8) is 0 Å². The summed E-state index contributed by atoms with van der Waals surface area (Å²) in [6.07, 6.45) is 2.03. The molecule has 8 nitrogen and oxygen atoms in total. The molecule has 2 bridgehead atoms. The molecule has 2 unspecified atom stereocenters. The largest absolute Gasteiger partial charge is 0.507 e. The molecule has 2 atom stereocenters. The number of amides is 2. The van der Waals surface area contributed by atoms with Gasteiger partial charge in [-0.05, 0) is 12.8 Å². The third-order valence-corrected chi connectivity index (χ3v) is 5.55. The number of nitrogens with zero attached hydrogens (tertiary/aromatic N) is 3. The van der Waals surface area contributed by atoms with Gasteiger partial charge >= 0.3 is 0 Å². The number of fused-ring (bicyclic) bond motifs is 4. The normalized spacial score (nSPS) is 23.7. The maximum atomic E-state index is 13.8. The predicted molar refractivity (Wildman–Crippen MR) is 101 cm³/mol. The number of benzene rings is 1. The summed E-state index contributed by atoms with van der Waals surface area (Å²) in [5.74, 6) is -5.45. The van der Waals surface area contributed by atoms with Gasteiger partial charge in [0.05, 0.1) is 12.2 Å². The number of aliphatic hydroxyl groups is 2. The molecule has 0 spiro atoms. The Morgan fingerprint density at radius 3 is 2.52 bits per heavy atom. The zero-order chi connectivity index (χ0) is 22.3. The summed E-state index contributed by atoms with van der Waals surface area (Å²) in [5, 5.41) is 26.3. The molecule has 2 saturated heterocycles. The maximum Gasteiger partial charge on any atom is 0.276 e. The molecule has 31 heavy (non-hydrogen) atoms. The third kappa shape index (κ3) is 3.86.